The molecule has 140 valence electrons. The molecule has 0 aliphatic carbocycles. The quantitative estimate of drug-likeness (QED) is 0.808. The number of hydrogen-bond acceptors (Lipinski definition) is 4. The van der Waals surface area contributed by atoms with Gasteiger partial charge in [0.05, 0.1) is 13.2 Å². The van der Waals surface area contributed by atoms with Crippen LogP contribution in [0.1, 0.15) is 25.5 Å². The third-order valence-electron chi connectivity index (χ3n) is 4.22. The third kappa shape index (κ3) is 4.14. The Balaban J connectivity index is 1.82. The third-order valence-corrected chi connectivity index (χ3v) is 5.22. The second kappa shape index (κ2) is 7.84. The van der Waals surface area contributed by atoms with Crippen molar-refractivity contribution in [3.63, 3.8) is 0 Å². The van der Waals surface area contributed by atoms with Crippen LogP contribution in [0.2, 0.25) is 0 Å². The number of urea groups is 1. The van der Waals surface area contributed by atoms with Crippen molar-refractivity contribution in [3.05, 3.63) is 65.1 Å². The van der Waals surface area contributed by atoms with Crippen molar-refractivity contribution < 1.29 is 18.7 Å². The highest BCUT2D eigenvalue weighted by molar-refractivity contribution is 7.99. The molecule has 0 fully saturated rings. The van der Waals surface area contributed by atoms with Crippen LogP contribution in [0, 0.1) is 5.82 Å². The van der Waals surface area contributed by atoms with Crippen molar-refractivity contribution in [1.82, 2.24) is 10.6 Å². The number of carbonyl (C=O) groups excluding carboxylic acids is 2. The molecule has 1 aliphatic heterocycles. The molecule has 2 N–H and O–H groups in total. The van der Waals surface area contributed by atoms with Crippen LogP contribution in [0.3, 0.4) is 0 Å². The lowest BCUT2D eigenvalue weighted by atomic mass is 9.93. The van der Waals surface area contributed by atoms with E-state index in [0.29, 0.717) is 11.3 Å². The van der Waals surface area contributed by atoms with E-state index in [-0.39, 0.29) is 17.6 Å². The lowest BCUT2D eigenvalue weighted by Gasteiger charge is -2.28. The van der Waals surface area contributed by atoms with Crippen LogP contribution in [-0.2, 0) is 4.79 Å². The number of allylic oxidation sites excluding steroid dienone is 1. The van der Waals surface area contributed by atoms with Crippen LogP contribution in [0.15, 0.2) is 63.5 Å². The van der Waals surface area contributed by atoms with Gasteiger partial charge in [-0.25, -0.2) is 9.18 Å². The number of amides is 2. The summed E-state index contributed by atoms with van der Waals surface area (Å²) in [4.78, 5) is 25.5. The zero-order chi connectivity index (χ0) is 19.6. The largest absolute Gasteiger partial charge is 0.494 e. The maximum Gasteiger partial charge on any atom is 0.319 e. The van der Waals surface area contributed by atoms with Crippen LogP contribution in [0.5, 0.6) is 5.75 Å². The highest BCUT2D eigenvalue weighted by atomic mass is 32.2. The zero-order valence-corrected chi connectivity index (χ0v) is 15.9. The molecule has 7 heteroatoms. The van der Waals surface area contributed by atoms with Crippen molar-refractivity contribution in [2.75, 3.05) is 7.11 Å². The van der Waals surface area contributed by atoms with Crippen LogP contribution in [-0.4, -0.2) is 18.9 Å². The molecule has 27 heavy (non-hydrogen) atoms. The molecule has 5 nitrogen and oxygen atoms in total. The normalized spacial score (nSPS) is 16.6. The molecule has 2 aromatic carbocycles. The maximum absolute atomic E-state index is 13.8. The van der Waals surface area contributed by atoms with Gasteiger partial charge in [0.2, 0.25) is 0 Å². The SMILES string of the molecule is COc1ccc(Sc2ccc(C3NC(=O)NC(C)=C3C(C)=O)cc2)cc1F. The average molecular weight is 386 g/mol. The fourth-order valence-corrected chi connectivity index (χ4v) is 3.83. The Morgan fingerprint density at radius 2 is 1.81 bits per heavy atom. The van der Waals surface area contributed by atoms with Gasteiger partial charge in [0, 0.05) is 21.1 Å². The molecule has 1 aliphatic rings. The molecule has 0 saturated heterocycles. The summed E-state index contributed by atoms with van der Waals surface area (Å²) in [5.41, 5.74) is 1.90. The minimum absolute atomic E-state index is 0.0999. The van der Waals surface area contributed by atoms with Gasteiger partial charge in [-0.05, 0) is 49.7 Å². The zero-order valence-electron chi connectivity index (χ0n) is 15.1. The van der Waals surface area contributed by atoms with E-state index in [1.807, 2.05) is 24.3 Å². The monoisotopic (exact) mass is 386 g/mol. The van der Waals surface area contributed by atoms with Gasteiger partial charge in [0.1, 0.15) is 0 Å². The van der Waals surface area contributed by atoms with Gasteiger partial charge < -0.3 is 15.4 Å². The van der Waals surface area contributed by atoms with Crippen LogP contribution in [0.4, 0.5) is 9.18 Å². The number of rotatable bonds is 5. The van der Waals surface area contributed by atoms with Crippen molar-refractivity contribution in [2.24, 2.45) is 0 Å². The number of carbonyl (C=O) groups is 2. The van der Waals surface area contributed by atoms with E-state index in [4.69, 9.17) is 4.74 Å². The summed E-state index contributed by atoms with van der Waals surface area (Å²) in [6.07, 6.45) is 0. The summed E-state index contributed by atoms with van der Waals surface area (Å²) in [5.74, 6) is -0.310. The van der Waals surface area contributed by atoms with Gasteiger partial charge >= 0.3 is 6.03 Å². The lowest BCUT2D eigenvalue weighted by molar-refractivity contribution is -0.114. The van der Waals surface area contributed by atoms with Gasteiger partial charge in [-0.15, -0.1) is 0 Å². The fraction of sp³-hybridized carbons (Fsp3) is 0.200. The van der Waals surface area contributed by atoms with E-state index in [1.165, 1.54) is 31.9 Å². The molecule has 0 aromatic heterocycles. The Kier molecular flexibility index (Phi) is 5.51. The average Bonchev–Trinajstić information content (AvgIpc) is 2.61. The predicted molar refractivity (Wildman–Crippen MR) is 101 cm³/mol. The molecule has 1 atom stereocenters. The Bertz CT molecular complexity index is 925. The van der Waals surface area contributed by atoms with Gasteiger partial charge in [-0.3, -0.25) is 4.79 Å². The van der Waals surface area contributed by atoms with Crippen molar-refractivity contribution in [2.45, 2.75) is 29.7 Å². The van der Waals surface area contributed by atoms with Crippen molar-refractivity contribution in [3.8, 4) is 5.75 Å². The van der Waals surface area contributed by atoms with Crippen molar-refractivity contribution >= 4 is 23.6 Å². The number of ether oxygens (including phenoxy) is 1. The Hall–Kier alpha value is -2.80. The van der Waals surface area contributed by atoms with E-state index in [9.17, 15) is 14.0 Å². The first-order chi connectivity index (χ1) is 12.9. The van der Waals surface area contributed by atoms with Gasteiger partial charge in [0.25, 0.3) is 0 Å². The Labute approximate surface area is 161 Å². The summed E-state index contributed by atoms with van der Waals surface area (Å²) in [5, 5.41) is 5.41. The van der Waals surface area contributed by atoms with E-state index in [2.05, 4.69) is 10.6 Å². The van der Waals surface area contributed by atoms with Crippen molar-refractivity contribution in [1.29, 1.82) is 0 Å². The Morgan fingerprint density at radius 1 is 1.15 bits per heavy atom. The second-order valence-electron chi connectivity index (χ2n) is 6.09. The minimum atomic E-state index is -0.492. The van der Waals surface area contributed by atoms with E-state index < -0.39 is 11.9 Å². The Morgan fingerprint density at radius 3 is 2.41 bits per heavy atom. The maximum atomic E-state index is 13.8. The molecule has 0 bridgehead atoms. The summed E-state index contributed by atoms with van der Waals surface area (Å²) >= 11 is 1.41. The molecule has 0 spiro atoms. The molecular weight excluding hydrogens is 367 g/mol. The first-order valence-electron chi connectivity index (χ1n) is 8.29. The summed E-state index contributed by atoms with van der Waals surface area (Å²) in [6, 6.07) is 11.4. The fourth-order valence-electron chi connectivity index (χ4n) is 2.99. The molecule has 0 saturated carbocycles. The number of ketones is 1. The topological polar surface area (TPSA) is 67.4 Å². The van der Waals surface area contributed by atoms with Crippen LogP contribution < -0.4 is 15.4 Å². The highest BCUT2D eigenvalue weighted by Gasteiger charge is 2.28. The molecule has 1 heterocycles. The lowest BCUT2D eigenvalue weighted by Crippen LogP contribution is -2.44. The number of halogens is 1. The molecule has 2 amide bonds. The van der Waals surface area contributed by atoms with E-state index in [0.717, 1.165) is 15.4 Å². The number of benzene rings is 2. The number of nitrogens with one attached hydrogen (secondary N) is 2. The van der Waals surface area contributed by atoms with Crippen LogP contribution in [0.25, 0.3) is 0 Å². The first kappa shape index (κ1) is 19.0. The highest BCUT2D eigenvalue weighted by Crippen LogP contribution is 2.33. The minimum Gasteiger partial charge on any atom is -0.494 e. The molecular formula is C20H19FN2O3S. The van der Waals surface area contributed by atoms with Crippen LogP contribution >= 0.6 is 11.8 Å². The summed E-state index contributed by atoms with van der Waals surface area (Å²) in [7, 11) is 1.43. The summed E-state index contributed by atoms with van der Waals surface area (Å²) < 4.78 is 18.8. The van der Waals surface area contributed by atoms with E-state index >= 15 is 0 Å². The number of Topliss-reactive ketones (excluding diaryl/α,β-unsaturated/α-hetero) is 1. The molecule has 3 rings (SSSR count). The number of hydrogen-bond donors (Lipinski definition) is 2. The standard InChI is InChI=1S/C20H19FN2O3S/c1-11-18(12(2)24)19(23-20(25)22-11)13-4-6-14(7-5-13)27-15-8-9-17(26-3)16(21)10-15/h4-10,19H,1-3H3,(H2,22,23,25). The molecule has 1 unspecified atom stereocenters. The molecule has 2 aromatic rings. The first-order valence-corrected chi connectivity index (χ1v) is 9.11. The number of methoxy groups -OCH3 is 1. The molecule has 0 radical (unpaired) electrons. The van der Waals surface area contributed by atoms with Gasteiger partial charge in [-0.2, -0.15) is 0 Å². The smallest absolute Gasteiger partial charge is 0.319 e. The predicted octanol–water partition coefficient (Wildman–Crippen LogP) is 4.20. The van der Waals surface area contributed by atoms with Gasteiger partial charge in [0.15, 0.2) is 17.3 Å². The van der Waals surface area contributed by atoms with Gasteiger partial charge in [-0.1, -0.05) is 23.9 Å². The second-order valence-corrected chi connectivity index (χ2v) is 7.24. The van der Waals surface area contributed by atoms with E-state index in [1.54, 1.807) is 19.1 Å². The summed E-state index contributed by atoms with van der Waals surface area (Å²) in [6.45, 7) is 3.19.